The third-order valence-electron chi connectivity index (χ3n) is 5.41. The number of hydrogen-bond acceptors (Lipinski definition) is 3. The van der Waals surface area contributed by atoms with Gasteiger partial charge in [0.15, 0.2) is 5.82 Å². The van der Waals surface area contributed by atoms with E-state index in [4.69, 9.17) is 5.26 Å². The van der Waals surface area contributed by atoms with Gasteiger partial charge in [-0.25, -0.2) is 8.78 Å². The van der Waals surface area contributed by atoms with Gasteiger partial charge < -0.3 is 9.80 Å². The Bertz CT molecular complexity index is 1100. The number of anilines is 3. The van der Waals surface area contributed by atoms with E-state index in [1.54, 1.807) is 18.0 Å². The van der Waals surface area contributed by atoms with Gasteiger partial charge in [0.05, 0.1) is 5.69 Å². The number of nitriles is 1. The molecule has 4 rings (SSSR count). The van der Waals surface area contributed by atoms with Gasteiger partial charge in [-0.3, -0.25) is 0 Å². The van der Waals surface area contributed by atoms with Crippen LogP contribution in [-0.4, -0.2) is 13.2 Å². The van der Waals surface area contributed by atoms with Crippen molar-refractivity contribution >= 4 is 17.1 Å². The van der Waals surface area contributed by atoms with E-state index in [1.807, 2.05) is 67.3 Å². The molecule has 1 aliphatic rings. The van der Waals surface area contributed by atoms with E-state index in [0.717, 1.165) is 22.4 Å². The summed E-state index contributed by atoms with van der Waals surface area (Å²) in [5.74, 6) is -1.66. The number of halogens is 2. The van der Waals surface area contributed by atoms with Crippen molar-refractivity contribution in [2.75, 3.05) is 16.8 Å². The average Bonchev–Trinajstić information content (AvgIpc) is 2.94. The summed E-state index contributed by atoms with van der Waals surface area (Å²) in [7, 11) is 1.75. The predicted molar refractivity (Wildman–Crippen MR) is 108 cm³/mol. The third-order valence-corrected chi connectivity index (χ3v) is 5.41. The highest BCUT2D eigenvalue weighted by atomic mass is 19.1. The van der Waals surface area contributed by atoms with Crippen LogP contribution in [0.15, 0.2) is 54.6 Å². The largest absolute Gasteiger partial charge is 0.350 e. The van der Waals surface area contributed by atoms with Crippen molar-refractivity contribution in [2.45, 2.75) is 20.0 Å². The highest BCUT2D eigenvalue weighted by molar-refractivity contribution is 5.87. The standard InChI is InChI=1S/C23H19F2N3/c1-14-9-10-17(16-7-5-4-6-8-16)11-20(14)28-15(2)27(3)23-21(28)12-19(24)18(13-26)22(23)25/h4-12,15H,1-3H3/t15-/m0/s1. The summed E-state index contributed by atoms with van der Waals surface area (Å²) in [5.41, 5.74) is 4.10. The minimum atomic E-state index is -0.844. The van der Waals surface area contributed by atoms with Gasteiger partial charge in [-0.05, 0) is 36.6 Å². The summed E-state index contributed by atoms with van der Waals surface area (Å²) < 4.78 is 29.2. The smallest absolute Gasteiger partial charge is 0.169 e. The molecule has 0 aliphatic carbocycles. The fourth-order valence-corrected chi connectivity index (χ4v) is 3.79. The van der Waals surface area contributed by atoms with E-state index in [1.165, 1.54) is 6.07 Å². The molecule has 0 fully saturated rings. The second-order valence-corrected chi connectivity index (χ2v) is 7.01. The minimum absolute atomic E-state index is 0.234. The molecule has 1 atom stereocenters. The van der Waals surface area contributed by atoms with Crippen LogP contribution in [0.3, 0.4) is 0 Å². The van der Waals surface area contributed by atoms with Crippen LogP contribution in [0.1, 0.15) is 18.1 Å². The van der Waals surface area contributed by atoms with Gasteiger partial charge in [0.1, 0.15) is 29.3 Å². The first-order chi connectivity index (χ1) is 13.4. The van der Waals surface area contributed by atoms with E-state index in [0.29, 0.717) is 5.69 Å². The van der Waals surface area contributed by atoms with E-state index in [-0.39, 0.29) is 11.9 Å². The highest BCUT2D eigenvalue weighted by Gasteiger charge is 2.37. The number of aryl methyl sites for hydroxylation is 1. The molecule has 0 saturated carbocycles. The van der Waals surface area contributed by atoms with Crippen LogP contribution < -0.4 is 9.80 Å². The van der Waals surface area contributed by atoms with Crippen molar-refractivity contribution in [3.05, 3.63) is 77.4 Å². The summed E-state index contributed by atoms with van der Waals surface area (Å²) in [4.78, 5) is 3.66. The Hall–Kier alpha value is -3.39. The van der Waals surface area contributed by atoms with Gasteiger partial charge >= 0.3 is 0 Å². The zero-order chi connectivity index (χ0) is 20.0. The van der Waals surface area contributed by atoms with Crippen LogP contribution in [0.5, 0.6) is 0 Å². The fraction of sp³-hybridized carbons (Fsp3) is 0.174. The van der Waals surface area contributed by atoms with Crippen LogP contribution in [0.25, 0.3) is 11.1 Å². The lowest BCUT2D eigenvalue weighted by Gasteiger charge is -2.29. The number of fused-ring (bicyclic) bond motifs is 1. The third kappa shape index (κ3) is 2.61. The van der Waals surface area contributed by atoms with Crippen molar-refractivity contribution in [3.63, 3.8) is 0 Å². The lowest BCUT2D eigenvalue weighted by Crippen LogP contribution is -2.36. The summed E-state index contributed by atoms with van der Waals surface area (Å²) in [6.45, 7) is 3.91. The van der Waals surface area contributed by atoms with Crippen LogP contribution in [0, 0.1) is 29.9 Å². The molecule has 0 radical (unpaired) electrons. The molecule has 1 heterocycles. The Morgan fingerprint density at radius 3 is 2.36 bits per heavy atom. The van der Waals surface area contributed by atoms with Crippen molar-refractivity contribution in [2.24, 2.45) is 0 Å². The first-order valence-electron chi connectivity index (χ1n) is 9.04. The molecule has 0 aromatic heterocycles. The molecule has 0 saturated heterocycles. The highest BCUT2D eigenvalue weighted by Crippen LogP contribution is 2.47. The predicted octanol–water partition coefficient (Wildman–Crippen LogP) is 5.75. The van der Waals surface area contributed by atoms with Gasteiger partial charge in [0.2, 0.25) is 0 Å². The van der Waals surface area contributed by atoms with Crippen LogP contribution >= 0.6 is 0 Å². The van der Waals surface area contributed by atoms with Gasteiger partial charge in [0.25, 0.3) is 0 Å². The maximum Gasteiger partial charge on any atom is 0.169 e. The Kier molecular flexibility index (Phi) is 4.27. The topological polar surface area (TPSA) is 30.3 Å². The van der Waals surface area contributed by atoms with Crippen molar-refractivity contribution in [3.8, 4) is 17.2 Å². The summed E-state index contributed by atoms with van der Waals surface area (Å²) >= 11 is 0. The first-order valence-corrected chi connectivity index (χ1v) is 9.04. The van der Waals surface area contributed by atoms with Crippen molar-refractivity contribution in [1.29, 1.82) is 5.26 Å². The Labute approximate surface area is 163 Å². The molecule has 3 aromatic rings. The molecule has 140 valence electrons. The lowest BCUT2D eigenvalue weighted by molar-refractivity contribution is 0.577. The monoisotopic (exact) mass is 375 g/mol. The van der Waals surface area contributed by atoms with E-state index in [9.17, 15) is 8.78 Å². The SMILES string of the molecule is Cc1ccc(-c2ccccc2)cc1N1c2cc(F)c(C#N)c(F)c2N(C)[C@@H]1C. The second kappa shape index (κ2) is 6.65. The molecular weight excluding hydrogens is 356 g/mol. The molecular formula is C23H19F2N3. The minimum Gasteiger partial charge on any atom is -0.350 e. The van der Waals surface area contributed by atoms with Gasteiger partial charge in [-0.15, -0.1) is 0 Å². The summed E-state index contributed by atoms with van der Waals surface area (Å²) in [6.07, 6.45) is -0.234. The van der Waals surface area contributed by atoms with Crippen LogP contribution in [-0.2, 0) is 0 Å². The molecule has 0 bridgehead atoms. The zero-order valence-electron chi connectivity index (χ0n) is 15.9. The normalized spacial score (nSPS) is 15.5. The Balaban J connectivity index is 1.92. The molecule has 0 unspecified atom stereocenters. The van der Waals surface area contributed by atoms with E-state index in [2.05, 4.69) is 0 Å². The second-order valence-electron chi connectivity index (χ2n) is 7.01. The quantitative estimate of drug-likeness (QED) is 0.572. The molecule has 3 aromatic carbocycles. The van der Waals surface area contributed by atoms with Crippen molar-refractivity contribution in [1.82, 2.24) is 0 Å². The molecule has 3 nitrogen and oxygen atoms in total. The van der Waals surface area contributed by atoms with Crippen molar-refractivity contribution < 1.29 is 8.78 Å². The molecule has 28 heavy (non-hydrogen) atoms. The number of nitrogens with zero attached hydrogens (tertiary/aromatic N) is 3. The van der Waals surface area contributed by atoms with Gasteiger partial charge in [0, 0.05) is 18.8 Å². The van der Waals surface area contributed by atoms with E-state index >= 15 is 0 Å². The summed E-state index contributed by atoms with van der Waals surface area (Å²) in [6, 6.07) is 19.0. The first kappa shape index (κ1) is 18.0. The fourth-order valence-electron chi connectivity index (χ4n) is 3.79. The van der Waals surface area contributed by atoms with Crippen LogP contribution in [0.2, 0.25) is 0 Å². The van der Waals surface area contributed by atoms with Gasteiger partial charge in [-0.2, -0.15) is 5.26 Å². The molecule has 5 heteroatoms. The number of benzene rings is 3. The summed E-state index contributed by atoms with van der Waals surface area (Å²) in [5, 5.41) is 9.11. The number of hydrogen-bond donors (Lipinski definition) is 0. The average molecular weight is 375 g/mol. The van der Waals surface area contributed by atoms with Gasteiger partial charge in [-0.1, -0.05) is 42.5 Å². The molecule has 0 amide bonds. The molecule has 1 aliphatic heterocycles. The maximum atomic E-state index is 14.9. The Morgan fingerprint density at radius 1 is 0.964 bits per heavy atom. The maximum absolute atomic E-state index is 14.9. The van der Waals surface area contributed by atoms with Crippen LogP contribution in [0.4, 0.5) is 25.8 Å². The Morgan fingerprint density at radius 2 is 1.68 bits per heavy atom. The van der Waals surface area contributed by atoms with E-state index < -0.39 is 17.2 Å². The zero-order valence-corrected chi connectivity index (χ0v) is 15.9. The molecule has 0 N–H and O–H groups in total. The lowest BCUT2D eigenvalue weighted by atomic mass is 10.0. The molecule has 0 spiro atoms. The number of rotatable bonds is 2.